The highest BCUT2D eigenvalue weighted by Gasteiger charge is 2.28. The molecular weight excluding hydrogens is 396 g/mol. The predicted molar refractivity (Wildman–Crippen MR) is 116 cm³/mol. The number of carbonyl (C=O) groups excluding carboxylic acids is 1. The van der Waals surface area contributed by atoms with Crippen molar-refractivity contribution in [1.29, 1.82) is 0 Å². The fraction of sp³-hybridized carbons (Fsp3) is 0.391. The number of nitrogens with zero attached hydrogens (tertiary/aromatic N) is 4. The fourth-order valence-electron chi connectivity index (χ4n) is 4.51. The zero-order chi connectivity index (χ0) is 22.1. The largest absolute Gasteiger partial charge is 0.479 e. The van der Waals surface area contributed by atoms with Crippen LogP contribution in [0.5, 0.6) is 6.01 Å². The van der Waals surface area contributed by atoms with Gasteiger partial charge in [-0.25, -0.2) is 14.8 Å². The zero-order valence-electron chi connectivity index (χ0n) is 17.7. The molecule has 4 rings (SSSR count). The van der Waals surface area contributed by atoms with Gasteiger partial charge in [-0.15, -0.1) is 0 Å². The second kappa shape index (κ2) is 8.37. The molecule has 8 nitrogen and oxygen atoms in total. The van der Waals surface area contributed by atoms with Crippen LogP contribution in [-0.4, -0.2) is 55.6 Å². The Morgan fingerprint density at radius 2 is 1.81 bits per heavy atom. The Bertz CT molecular complexity index is 1130. The average Bonchev–Trinajstić information content (AvgIpc) is 3.08. The summed E-state index contributed by atoms with van der Waals surface area (Å²) in [5, 5.41) is 20.1. The van der Waals surface area contributed by atoms with E-state index >= 15 is 0 Å². The van der Waals surface area contributed by atoms with Gasteiger partial charge in [-0.1, -0.05) is 25.3 Å². The lowest BCUT2D eigenvalue weighted by Crippen LogP contribution is -2.26. The lowest BCUT2D eigenvalue weighted by atomic mass is 9.82. The molecule has 1 saturated carbocycles. The number of likely N-dealkylation sites (N-methyl/N-ethyl adjacent to an activating group) is 1. The summed E-state index contributed by atoms with van der Waals surface area (Å²) < 4.78 is 1.88. The van der Waals surface area contributed by atoms with E-state index in [1.54, 1.807) is 38.6 Å². The molecule has 2 heterocycles. The van der Waals surface area contributed by atoms with Gasteiger partial charge < -0.3 is 19.7 Å². The number of fused-ring (bicyclic) bond motifs is 1. The Labute approximate surface area is 180 Å². The molecule has 31 heavy (non-hydrogen) atoms. The van der Waals surface area contributed by atoms with E-state index in [9.17, 15) is 19.8 Å². The maximum atomic E-state index is 12.7. The number of amides is 1. The number of aromatic carboxylic acids is 1. The summed E-state index contributed by atoms with van der Waals surface area (Å²) in [6.07, 6.45) is 8.64. The van der Waals surface area contributed by atoms with E-state index in [1.807, 2.05) is 10.6 Å². The van der Waals surface area contributed by atoms with Crippen LogP contribution in [0.1, 0.15) is 53.9 Å². The number of aromatic nitrogens is 3. The summed E-state index contributed by atoms with van der Waals surface area (Å²) in [7, 11) is 3.39. The number of carboxylic acid groups (broad SMARTS) is 1. The van der Waals surface area contributed by atoms with Gasteiger partial charge in [0.2, 0.25) is 5.91 Å². The Balaban J connectivity index is 2.03. The van der Waals surface area contributed by atoms with Crippen LogP contribution >= 0.6 is 0 Å². The standard InChI is InChI=1S/C23H26N4O4/c1-26(2)19(28)13-27-18-10-15(22(29)30)8-9-17(18)20(14-6-4-3-5-7-14)21(27)16-11-24-23(31)25-12-16/h8-12,14H,3-7,13H2,1-2H3,(H,29,30)(H,24,25,31). The van der Waals surface area contributed by atoms with E-state index < -0.39 is 5.97 Å². The van der Waals surface area contributed by atoms with Crippen molar-refractivity contribution >= 4 is 22.8 Å². The minimum absolute atomic E-state index is 0.0650. The molecule has 2 N–H and O–H groups in total. The van der Waals surface area contributed by atoms with Crippen LogP contribution in [0.25, 0.3) is 22.2 Å². The van der Waals surface area contributed by atoms with Crippen molar-refractivity contribution in [2.24, 2.45) is 0 Å². The molecule has 0 spiro atoms. The normalized spacial score (nSPS) is 14.6. The molecule has 0 bridgehead atoms. The maximum Gasteiger partial charge on any atom is 0.335 e. The summed E-state index contributed by atoms with van der Waals surface area (Å²) in [4.78, 5) is 33.8. The molecular formula is C23H26N4O4. The van der Waals surface area contributed by atoms with E-state index in [4.69, 9.17) is 0 Å². The third kappa shape index (κ3) is 3.97. The van der Waals surface area contributed by atoms with Crippen molar-refractivity contribution in [2.45, 2.75) is 44.6 Å². The quantitative estimate of drug-likeness (QED) is 0.650. The Morgan fingerprint density at radius 3 is 2.42 bits per heavy atom. The van der Waals surface area contributed by atoms with Crippen molar-refractivity contribution in [2.75, 3.05) is 14.1 Å². The number of rotatable bonds is 5. The average molecular weight is 422 g/mol. The molecule has 0 atom stereocenters. The monoisotopic (exact) mass is 422 g/mol. The SMILES string of the molecule is CN(C)C(=O)Cn1c(-c2cnc(O)nc2)c(C2CCCCC2)c2ccc(C(=O)O)cc21. The van der Waals surface area contributed by atoms with Crippen LogP contribution in [0.15, 0.2) is 30.6 Å². The Kier molecular flexibility index (Phi) is 5.63. The topological polar surface area (TPSA) is 109 Å². The molecule has 2 aromatic heterocycles. The summed E-state index contributed by atoms with van der Waals surface area (Å²) in [5.74, 6) is -0.817. The van der Waals surface area contributed by atoms with Gasteiger partial charge in [-0.2, -0.15) is 0 Å². The molecule has 1 amide bonds. The molecule has 1 aliphatic carbocycles. The van der Waals surface area contributed by atoms with Gasteiger partial charge in [-0.3, -0.25) is 4.79 Å². The second-order valence-electron chi connectivity index (χ2n) is 8.28. The lowest BCUT2D eigenvalue weighted by Gasteiger charge is -2.23. The van der Waals surface area contributed by atoms with E-state index in [-0.39, 0.29) is 24.0 Å². The molecule has 1 aliphatic rings. The third-order valence-corrected chi connectivity index (χ3v) is 6.07. The molecule has 8 heteroatoms. The predicted octanol–water partition coefficient (Wildman–Crippen LogP) is 3.64. The number of hydrogen-bond acceptors (Lipinski definition) is 5. The highest BCUT2D eigenvalue weighted by atomic mass is 16.4. The highest BCUT2D eigenvalue weighted by Crippen LogP contribution is 2.44. The molecule has 1 aromatic carbocycles. The van der Waals surface area contributed by atoms with Gasteiger partial charge >= 0.3 is 12.0 Å². The van der Waals surface area contributed by atoms with Crippen molar-refractivity contribution in [3.05, 3.63) is 41.7 Å². The first-order valence-corrected chi connectivity index (χ1v) is 10.5. The van der Waals surface area contributed by atoms with Crippen molar-refractivity contribution in [1.82, 2.24) is 19.4 Å². The van der Waals surface area contributed by atoms with Crippen LogP contribution in [0.2, 0.25) is 0 Å². The zero-order valence-corrected chi connectivity index (χ0v) is 17.7. The smallest absolute Gasteiger partial charge is 0.335 e. The summed E-state index contributed by atoms with van der Waals surface area (Å²) in [5.41, 5.74) is 3.50. The van der Waals surface area contributed by atoms with Gasteiger partial charge in [-0.05, 0) is 36.5 Å². The van der Waals surface area contributed by atoms with Crippen molar-refractivity contribution < 1.29 is 19.8 Å². The minimum Gasteiger partial charge on any atom is -0.479 e. The molecule has 0 aliphatic heterocycles. The van der Waals surface area contributed by atoms with Gasteiger partial charge in [0.25, 0.3) is 0 Å². The molecule has 3 aromatic rings. The number of benzene rings is 1. The van der Waals surface area contributed by atoms with Crippen LogP contribution in [0, 0.1) is 0 Å². The van der Waals surface area contributed by atoms with Gasteiger partial charge in [0.1, 0.15) is 6.54 Å². The molecule has 0 unspecified atom stereocenters. The van der Waals surface area contributed by atoms with Gasteiger partial charge in [0.05, 0.1) is 16.8 Å². The summed E-state index contributed by atoms with van der Waals surface area (Å²) in [6.45, 7) is 0.0650. The number of carbonyl (C=O) groups is 2. The van der Waals surface area contributed by atoms with Crippen LogP contribution < -0.4 is 0 Å². The second-order valence-corrected chi connectivity index (χ2v) is 8.28. The Morgan fingerprint density at radius 1 is 1.13 bits per heavy atom. The number of hydrogen-bond donors (Lipinski definition) is 2. The Hall–Kier alpha value is -3.42. The number of carboxylic acids is 1. The summed E-state index contributed by atoms with van der Waals surface area (Å²) >= 11 is 0. The lowest BCUT2D eigenvalue weighted by molar-refractivity contribution is -0.129. The molecule has 162 valence electrons. The minimum atomic E-state index is -1.01. The summed E-state index contributed by atoms with van der Waals surface area (Å²) in [6, 6.07) is 4.79. The van der Waals surface area contributed by atoms with Crippen LogP contribution in [0.4, 0.5) is 0 Å². The van der Waals surface area contributed by atoms with Crippen molar-refractivity contribution in [3.63, 3.8) is 0 Å². The van der Waals surface area contributed by atoms with E-state index in [1.165, 1.54) is 11.3 Å². The molecule has 1 fully saturated rings. The van der Waals surface area contributed by atoms with E-state index in [2.05, 4.69) is 9.97 Å². The first-order valence-electron chi connectivity index (χ1n) is 10.5. The van der Waals surface area contributed by atoms with E-state index in [0.29, 0.717) is 17.0 Å². The van der Waals surface area contributed by atoms with Crippen molar-refractivity contribution in [3.8, 4) is 17.3 Å². The first-order chi connectivity index (χ1) is 14.9. The van der Waals surface area contributed by atoms with Crippen LogP contribution in [-0.2, 0) is 11.3 Å². The van der Waals surface area contributed by atoms with Crippen LogP contribution in [0.3, 0.4) is 0 Å². The van der Waals surface area contributed by atoms with E-state index in [0.717, 1.165) is 42.3 Å². The van der Waals surface area contributed by atoms with Gasteiger partial charge in [0, 0.05) is 37.4 Å². The number of aromatic hydroxyl groups is 1. The highest BCUT2D eigenvalue weighted by molar-refractivity contribution is 5.98. The maximum absolute atomic E-state index is 12.7. The fourth-order valence-corrected chi connectivity index (χ4v) is 4.51. The molecule has 0 saturated heterocycles. The van der Waals surface area contributed by atoms with Gasteiger partial charge in [0.15, 0.2) is 0 Å². The first kappa shape index (κ1) is 20.8. The molecule has 0 radical (unpaired) electrons. The third-order valence-electron chi connectivity index (χ3n) is 6.07.